The van der Waals surface area contributed by atoms with Crippen LogP contribution in [0.5, 0.6) is 0 Å². The molecular weight excluding hydrogens is 220 g/mol. The largest absolute Gasteiger partial charge is 0.467 e. The number of fused-ring (bicyclic) bond motifs is 1. The molecule has 2 N–H and O–H groups in total. The fourth-order valence-electron chi connectivity index (χ4n) is 2.98. The molecule has 0 radical (unpaired) electrons. The van der Waals surface area contributed by atoms with Gasteiger partial charge in [-0.15, -0.1) is 0 Å². The smallest absolute Gasteiger partial charge is 0.338 e. The Kier molecular flexibility index (Phi) is 3.70. The molecule has 2 aliphatic rings. The number of ether oxygens (including phenoxy) is 1. The molecule has 2 aliphatic heterocycles. The maximum absolute atomic E-state index is 11.4. The monoisotopic (exact) mass is 242 g/mol. The summed E-state index contributed by atoms with van der Waals surface area (Å²) in [5.74, 6) is 0.109. The van der Waals surface area contributed by atoms with Gasteiger partial charge in [-0.3, -0.25) is 4.90 Å². The molecule has 5 heteroatoms. The van der Waals surface area contributed by atoms with E-state index < -0.39 is 11.6 Å². The van der Waals surface area contributed by atoms with Crippen LogP contribution in [0.4, 0.5) is 0 Å². The minimum Gasteiger partial charge on any atom is -0.467 e. The second kappa shape index (κ2) is 4.92. The molecule has 0 saturated carbocycles. The van der Waals surface area contributed by atoms with Gasteiger partial charge in [-0.2, -0.15) is 0 Å². The number of β-amino-alcohol motifs (C(OH)–C–C–N with tert-alkyl or cyclic N) is 1. The summed E-state index contributed by atoms with van der Waals surface area (Å²) in [6, 6.07) is 0.525. The summed E-state index contributed by atoms with van der Waals surface area (Å²) in [6.07, 6.45) is 2.47. The number of hydrogen-bond donors (Lipinski definition) is 2. The molecule has 3 atom stereocenters. The van der Waals surface area contributed by atoms with Crippen molar-refractivity contribution in [3.63, 3.8) is 0 Å². The summed E-state index contributed by atoms with van der Waals surface area (Å²) in [7, 11) is 1.31. The summed E-state index contributed by atoms with van der Waals surface area (Å²) in [4.78, 5) is 13.6. The van der Waals surface area contributed by atoms with Gasteiger partial charge in [-0.05, 0) is 32.2 Å². The van der Waals surface area contributed by atoms with E-state index >= 15 is 0 Å². The van der Waals surface area contributed by atoms with E-state index in [9.17, 15) is 9.90 Å². The number of carbonyl (C=O) groups excluding carboxylic acids is 1. The molecule has 5 nitrogen and oxygen atoms in total. The van der Waals surface area contributed by atoms with Gasteiger partial charge in [0.25, 0.3) is 0 Å². The van der Waals surface area contributed by atoms with Crippen molar-refractivity contribution in [1.82, 2.24) is 10.2 Å². The number of carbonyl (C=O) groups is 1. The van der Waals surface area contributed by atoms with Gasteiger partial charge in [-0.1, -0.05) is 0 Å². The normalized spacial score (nSPS) is 32.9. The lowest BCUT2D eigenvalue weighted by molar-refractivity contribution is -0.162. The van der Waals surface area contributed by atoms with E-state index in [0.29, 0.717) is 18.5 Å². The van der Waals surface area contributed by atoms with Crippen molar-refractivity contribution in [1.29, 1.82) is 0 Å². The minimum atomic E-state index is -1.40. The van der Waals surface area contributed by atoms with Crippen molar-refractivity contribution in [2.24, 2.45) is 5.92 Å². The molecular formula is C12H22N2O3. The number of rotatable bonds is 3. The molecule has 2 saturated heterocycles. The molecule has 0 aliphatic carbocycles. The summed E-state index contributed by atoms with van der Waals surface area (Å²) < 4.78 is 4.61. The van der Waals surface area contributed by atoms with E-state index in [1.807, 2.05) is 0 Å². The predicted octanol–water partition coefficient (Wildman–Crippen LogP) is -0.406. The van der Waals surface area contributed by atoms with Crippen LogP contribution in [0.1, 0.15) is 19.8 Å². The number of nitrogens with one attached hydrogen (secondary N) is 1. The van der Waals surface area contributed by atoms with Gasteiger partial charge in [0.05, 0.1) is 7.11 Å². The zero-order chi connectivity index (χ0) is 12.5. The quantitative estimate of drug-likeness (QED) is 0.659. The van der Waals surface area contributed by atoms with Crippen LogP contribution < -0.4 is 5.32 Å². The molecule has 0 amide bonds. The van der Waals surface area contributed by atoms with Crippen molar-refractivity contribution >= 4 is 5.97 Å². The van der Waals surface area contributed by atoms with E-state index in [2.05, 4.69) is 15.0 Å². The highest BCUT2D eigenvalue weighted by Gasteiger charge is 2.40. The Morgan fingerprint density at radius 2 is 2.35 bits per heavy atom. The molecule has 0 aromatic heterocycles. The first-order valence-corrected chi connectivity index (χ1v) is 6.29. The molecule has 0 aromatic rings. The molecule has 1 unspecified atom stereocenters. The fourth-order valence-corrected chi connectivity index (χ4v) is 2.98. The zero-order valence-electron chi connectivity index (χ0n) is 10.6. The van der Waals surface area contributed by atoms with Crippen molar-refractivity contribution in [3.05, 3.63) is 0 Å². The van der Waals surface area contributed by atoms with Crippen molar-refractivity contribution < 1.29 is 14.6 Å². The molecule has 17 heavy (non-hydrogen) atoms. The summed E-state index contributed by atoms with van der Waals surface area (Å²) >= 11 is 0. The van der Waals surface area contributed by atoms with Crippen molar-refractivity contribution in [2.45, 2.75) is 31.4 Å². The standard InChI is InChI=1S/C12H22N2O3/c1-12(16,11(15)17-2)8-14-6-9-4-3-5-13-10(9)7-14/h9-10,13,16H,3-8H2,1-2H3/t9-,10+,12?/m0/s1. The number of piperidine rings is 1. The number of esters is 1. The van der Waals surface area contributed by atoms with Gasteiger partial charge in [0.1, 0.15) is 0 Å². The van der Waals surface area contributed by atoms with Gasteiger partial charge in [0, 0.05) is 25.7 Å². The third kappa shape index (κ3) is 2.78. The Bertz CT molecular complexity index is 279. The second-order valence-corrected chi connectivity index (χ2v) is 5.42. The van der Waals surface area contributed by atoms with Crippen LogP contribution in [0, 0.1) is 5.92 Å². The van der Waals surface area contributed by atoms with E-state index in [-0.39, 0.29) is 0 Å². The molecule has 98 valence electrons. The fraction of sp³-hybridized carbons (Fsp3) is 0.917. The van der Waals surface area contributed by atoms with Crippen LogP contribution in [0.25, 0.3) is 0 Å². The lowest BCUT2D eigenvalue weighted by Crippen LogP contribution is -2.47. The highest BCUT2D eigenvalue weighted by Crippen LogP contribution is 2.26. The Morgan fingerprint density at radius 3 is 3.00 bits per heavy atom. The van der Waals surface area contributed by atoms with E-state index in [1.54, 1.807) is 0 Å². The first-order valence-electron chi connectivity index (χ1n) is 6.29. The third-order valence-corrected chi connectivity index (χ3v) is 3.83. The van der Waals surface area contributed by atoms with E-state index in [0.717, 1.165) is 19.6 Å². The van der Waals surface area contributed by atoms with E-state index in [4.69, 9.17) is 0 Å². The van der Waals surface area contributed by atoms with Crippen LogP contribution in [-0.2, 0) is 9.53 Å². The Morgan fingerprint density at radius 1 is 1.59 bits per heavy atom. The molecule has 0 bridgehead atoms. The summed E-state index contributed by atoms with van der Waals surface area (Å²) in [6.45, 7) is 4.84. The summed E-state index contributed by atoms with van der Waals surface area (Å²) in [5, 5.41) is 13.5. The minimum absolute atomic E-state index is 0.356. The average Bonchev–Trinajstić information content (AvgIpc) is 2.68. The number of aliphatic hydroxyl groups is 1. The predicted molar refractivity (Wildman–Crippen MR) is 63.6 cm³/mol. The van der Waals surface area contributed by atoms with Crippen LogP contribution in [0.2, 0.25) is 0 Å². The third-order valence-electron chi connectivity index (χ3n) is 3.83. The molecule has 0 spiro atoms. The lowest BCUT2D eigenvalue weighted by atomic mass is 9.94. The number of hydrogen-bond acceptors (Lipinski definition) is 5. The molecule has 2 rings (SSSR count). The Balaban J connectivity index is 1.90. The van der Waals surface area contributed by atoms with Crippen molar-refractivity contribution in [2.75, 3.05) is 33.3 Å². The SMILES string of the molecule is COC(=O)C(C)(O)CN1C[C@@H]2CCCN[C@@H]2C1. The number of likely N-dealkylation sites (tertiary alicyclic amines) is 1. The van der Waals surface area contributed by atoms with Crippen LogP contribution in [0.3, 0.4) is 0 Å². The zero-order valence-corrected chi connectivity index (χ0v) is 10.6. The highest BCUT2D eigenvalue weighted by molar-refractivity contribution is 5.78. The van der Waals surface area contributed by atoms with Gasteiger partial charge >= 0.3 is 5.97 Å². The lowest BCUT2D eigenvalue weighted by Gasteiger charge is -2.26. The van der Waals surface area contributed by atoms with Gasteiger partial charge in [0.2, 0.25) is 0 Å². The Hall–Kier alpha value is -0.650. The molecule has 2 fully saturated rings. The number of nitrogens with zero attached hydrogens (tertiary/aromatic N) is 1. The van der Waals surface area contributed by atoms with Crippen LogP contribution in [0.15, 0.2) is 0 Å². The molecule has 0 aromatic carbocycles. The van der Waals surface area contributed by atoms with E-state index in [1.165, 1.54) is 26.9 Å². The topological polar surface area (TPSA) is 61.8 Å². The first-order chi connectivity index (χ1) is 8.03. The maximum Gasteiger partial charge on any atom is 0.338 e. The maximum atomic E-state index is 11.4. The summed E-state index contributed by atoms with van der Waals surface area (Å²) in [5.41, 5.74) is -1.40. The Labute approximate surface area is 102 Å². The number of methoxy groups -OCH3 is 1. The van der Waals surface area contributed by atoms with Gasteiger partial charge in [-0.25, -0.2) is 4.79 Å². The van der Waals surface area contributed by atoms with Gasteiger partial charge < -0.3 is 15.2 Å². The average molecular weight is 242 g/mol. The van der Waals surface area contributed by atoms with Crippen molar-refractivity contribution in [3.8, 4) is 0 Å². The highest BCUT2D eigenvalue weighted by atomic mass is 16.5. The molecule has 2 heterocycles. The van der Waals surface area contributed by atoms with Gasteiger partial charge in [0.15, 0.2) is 5.60 Å². The second-order valence-electron chi connectivity index (χ2n) is 5.42. The van der Waals surface area contributed by atoms with Crippen LogP contribution >= 0.6 is 0 Å². The first kappa shape index (κ1) is 12.8. The van der Waals surface area contributed by atoms with Crippen LogP contribution in [-0.4, -0.2) is 60.9 Å².